The lowest BCUT2D eigenvalue weighted by atomic mass is 10.0. The van der Waals surface area contributed by atoms with Gasteiger partial charge in [0.1, 0.15) is 13.2 Å². The molecule has 0 unspecified atom stereocenters. The summed E-state index contributed by atoms with van der Waals surface area (Å²) in [6.45, 7) is 5.85. The van der Waals surface area contributed by atoms with E-state index in [1.165, 1.54) is 0 Å². The third kappa shape index (κ3) is 5.44. The molecule has 0 bridgehead atoms. The molecule has 0 radical (unpaired) electrons. The van der Waals surface area contributed by atoms with Crippen LogP contribution in [0, 0.1) is 0 Å². The van der Waals surface area contributed by atoms with Crippen LogP contribution in [0.25, 0.3) is 0 Å². The molecule has 7 heteroatoms. The third-order valence-electron chi connectivity index (χ3n) is 4.53. The number of ether oxygens (including phenoxy) is 3. The molecule has 26 heavy (non-hydrogen) atoms. The molecule has 1 amide bonds. The molecule has 0 atom stereocenters. The van der Waals surface area contributed by atoms with Gasteiger partial charge in [0.05, 0.1) is 13.2 Å². The summed E-state index contributed by atoms with van der Waals surface area (Å²) < 4.78 is 16.2. The van der Waals surface area contributed by atoms with Gasteiger partial charge < -0.3 is 19.5 Å². The smallest absolute Gasteiger partial charge is 0.220 e. The van der Waals surface area contributed by atoms with Crippen molar-refractivity contribution in [2.45, 2.75) is 19.3 Å². The van der Waals surface area contributed by atoms with Crippen LogP contribution in [0.2, 0.25) is 0 Å². The number of rotatable bonds is 8. The number of Topliss-reactive ketones (excluding diaryl/α,β-unsaturated/α-hetero) is 1. The molecule has 2 heterocycles. The molecule has 0 aromatic heterocycles. The highest BCUT2D eigenvalue weighted by atomic mass is 16.6. The van der Waals surface area contributed by atoms with Crippen molar-refractivity contribution < 1.29 is 23.8 Å². The van der Waals surface area contributed by atoms with Crippen LogP contribution in [0.1, 0.15) is 29.6 Å². The molecule has 0 saturated carbocycles. The van der Waals surface area contributed by atoms with Gasteiger partial charge in [-0.25, -0.2) is 0 Å². The predicted octanol–water partition coefficient (Wildman–Crippen LogP) is 1.26. The number of benzene rings is 1. The lowest BCUT2D eigenvalue weighted by Gasteiger charge is -2.26. The number of nitrogens with one attached hydrogen (secondary N) is 1. The van der Waals surface area contributed by atoms with Crippen LogP contribution < -0.4 is 14.8 Å². The SMILES string of the molecule is O=C(CCCC(=O)c1ccc2c(c1)OCCO2)NCCN1CCOCC1. The van der Waals surface area contributed by atoms with Crippen LogP contribution in [0.4, 0.5) is 0 Å². The lowest BCUT2D eigenvalue weighted by Crippen LogP contribution is -2.41. The predicted molar refractivity (Wildman–Crippen MR) is 95.9 cm³/mol. The highest BCUT2D eigenvalue weighted by Crippen LogP contribution is 2.31. The van der Waals surface area contributed by atoms with Crippen LogP contribution in [0.15, 0.2) is 18.2 Å². The monoisotopic (exact) mass is 362 g/mol. The third-order valence-corrected chi connectivity index (χ3v) is 4.53. The molecular weight excluding hydrogens is 336 g/mol. The van der Waals surface area contributed by atoms with E-state index in [0.29, 0.717) is 56.1 Å². The Morgan fingerprint density at radius 3 is 2.58 bits per heavy atom. The average Bonchev–Trinajstić information content (AvgIpc) is 2.68. The van der Waals surface area contributed by atoms with Gasteiger partial charge in [-0.05, 0) is 24.6 Å². The highest BCUT2D eigenvalue weighted by molar-refractivity contribution is 5.96. The molecule has 3 rings (SSSR count). The summed E-state index contributed by atoms with van der Waals surface area (Å²) in [6, 6.07) is 5.23. The van der Waals surface area contributed by atoms with Gasteiger partial charge in [-0.15, -0.1) is 0 Å². The van der Waals surface area contributed by atoms with E-state index in [9.17, 15) is 9.59 Å². The summed E-state index contributed by atoms with van der Waals surface area (Å²) in [6.07, 6.45) is 1.24. The van der Waals surface area contributed by atoms with Gasteiger partial charge in [0, 0.05) is 44.6 Å². The summed E-state index contributed by atoms with van der Waals surface area (Å²) in [5.41, 5.74) is 0.599. The van der Waals surface area contributed by atoms with Crippen molar-refractivity contribution in [3.05, 3.63) is 23.8 Å². The standard InChI is InChI=1S/C19H26N2O5/c22-16(15-4-5-17-18(14-15)26-13-12-25-17)2-1-3-19(23)20-6-7-21-8-10-24-11-9-21/h4-5,14H,1-3,6-13H2,(H,20,23). The maximum atomic E-state index is 12.3. The topological polar surface area (TPSA) is 77.1 Å². The van der Waals surface area contributed by atoms with Crippen molar-refractivity contribution in [1.29, 1.82) is 0 Å². The first-order valence-electron chi connectivity index (χ1n) is 9.22. The largest absolute Gasteiger partial charge is 0.486 e. The Bertz CT molecular complexity index is 628. The van der Waals surface area contributed by atoms with E-state index >= 15 is 0 Å². The molecule has 1 aromatic rings. The van der Waals surface area contributed by atoms with Crippen LogP contribution in [0.3, 0.4) is 0 Å². The van der Waals surface area contributed by atoms with Gasteiger partial charge in [0.2, 0.25) is 5.91 Å². The zero-order valence-electron chi connectivity index (χ0n) is 15.0. The first kappa shape index (κ1) is 18.7. The minimum atomic E-state index is -0.00627. The number of ketones is 1. The quantitative estimate of drug-likeness (QED) is 0.702. The van der Waals surface area contributed by atoms with Crippen molar-refractivity contribution in [2.24, 2.45) is 0 Å². The zero-order chi connectivity index (χ0) is 18.2. The summed E-state index contributed by atoms with van der Waals surface area (Å²) in [5, 5.41) is 2.92. The highest BCUT2D eigenvalue weighted by Gasteiger charge is 2.15. The fourth-order valence-electron chi connectivity index (χ4n) is 3.04. The maximum absolute atomic E-state index is 12.3. The van der Waals surface area contributed by atoms with Crippen molar-refractivity contribution in [3.8, 4) is 11.5 Å². The molecule has 0 aliphatic carbocycles. The summed E-state index contributed by atoms with van der Waals surface area (Å²) >= 11 is 0. The summed E-state index contributed by atoms with van der Waals surface area (Å²) in [7, 11) is 0. The Kier molecular flexibility index (Phi) is 6.85. The average molecular weight is 362 g/mol. The molecule has 1 N–H and O–H groups in total. The van der Waals surface area contributed by atoms with Crippen molar-refractivity contribution in [1.82, 2.24) is 10.2 Å². The number of fused-ring (bicyclic) bond motifs is 1. The second-order valence-electron chi connectivity index (χ2n) is 6.44. The Morgan fingerprint density at radius 2 is 1.77 bits per heavy atom. The molecule has 0 spiro atoms. The minimum Gasteiger partial charge on any atom is -0.486 e. The van der Waals surface area contributed by atoms with E-state index in [2.05, 4.69) is 10.2 Å². The Morgan fingerprint density at radius 1 is 1.00 bits per heavy atom. The second-order valence-corrected chi connectivity index (χ2v) is 6.44. The first-order chi connectivity index (χ1) is 12.7. The molecular formula is C19H26N2O5. The number of carbonyl (C=O) groups excluding carboxylic acids is 2. The van der Waals surface area contributed by atoms with Crippen molar-refractivity contribution in [3.63, 3.8) is 0 Å². The summed E-state index contributed by atoms with van der Waals surface area (Å²) in [5.74, 6) is 1.30. The van der Waals surface area contributed by atoms with E-state index in [0.717, 1.165) is 32.8 Å². The van der Waals surface area contributed by atoms with Gasteiger partial charge in [0.15, 0.2) is 17.3 Å². The fraction of sp³-hybridized carbons (Fsp3) is 0.579. The van der Waals surface area contributed by atoms with E-state index in [1.807, 2.05) is 0 Å². The van der Waals surface area contributed by atoms with E-state index in [-0.39, 0.29) is 11.7 Å². The molecule has 2 aliphatic heterocycles. The number of carbonyl (C=O) groups is 2. The number of hydrogen-bond donors (Lipinski definition) is 1. The zero-order valence-corrected chi connectivity index (χ0v) is 15.0. The van der Waals surface area contributed by atoms with Crippen LogP contribution in [0.5, 0.6) is 11.5 Å². The molecule has 1 aromatic carbocycles. The molecule has 7 nitrogen and oxygen atoms in total. The van der Waals surface area contributed by atoms with Crippen LogP contribution >= 0.6 is 0 Å². The molecule has 2 aliphatic rings. The number of hydrogen-bond acceptors (Lipinski definition) is 6. The van der Waals surface area contributed by atoms with E-state index < -0.39 is 0 Å². The minimum absolute atomic E-state index is 0.00627. The number of morpholine rings is 1. The van der Waals surface area contributed by atoms with Gasteiger partial charge in [-0.1, -0.05) is 0 Å². The number of nitrogens with zero attached hydrogens (tertiary/aromatic N) is 1. The maximum Gasteiger partial charge on any atom is 0.220 e. The lowest BCUT2D eigenvalue weighted by molar-refractivity contribution is -0.121. The Balaban J connectivity index is 1.33. The summed E-state index contributed by atoms with van der Waals surface area (Å²) in [4.78, 5) is 26.5. The van der Waals surface area contributed by atoms with Crippen LogP contribution in [-0.4, -0.2) is 69.2 Å². The van der Waals surface area contributed by atoms with Gasteiger partial charge in [-0.2, -0.15) is 0 Å². The normalized spacial score (nSPS) is 16.9. The Hall–Kier alpha value is -2.12. The van der Waals surface area contributed by atoms with Gasteiger partial charge in [-0.3, -0.25) is 14.5 Å². The van der Waals surface area contributed by atoms with Gasteiger partial charge >= 0.3 is 0 Å². The fourth-order valence-corrected chi connectivity index (χ4v) is 3.04. The Labute approximate surface area is 153 Å². The van der Waals surface area contributed by atoms with Crippen molar-refractivity contribution in [2.75, 3.05) is 52.6 Å². The van der Waals surface area contributed by atoms with E-state index in [1.54, 1.807) is 18.2 Å². The van der Waals surface area contributed by atoms with Crippen LogP contribution in [-0.2, 0) is 9.53 Å². The first-order valence-corrected chi connectivity index (χ1v) is 9.22. The van der Waals surface area contributed by atoms with E-state index in [4.69, 9.17) is 14.2 Å². The number of amides is 1. The molecule has 1 saturated heterocycles. The molecule has 1 fully saturated rings. The van der Waals surface area contributed by atoms with Gasteiger partial charge in [0.25, 0.3) is 0 Å². The second kappa shape index (κ2) is 9.54. The van der Waals surface area contributed by atoms with Crippen molar-refractivity contribution >= 4 is 11.7 Å². The molecule has 142 valence electrons.